The van der Waals surface area contributed by atoms with Crippen LogP contribution >= 0.6 is 11.6 Å². The molecule has 0 aliphatic heterocycles. The predicted molar refractivity (Wildman–Crippen MR) is 104 cm³/mol. The molecule has 3 rings (SSSR count). The Kier molecular flexibility index (Phi) is 6.16. The molecule has 1 atom stereocenters. The molecule has 2 aromatic carbocycles. The van der Waals surface area contributed by atoms with E-state index in [1.165, 1.54) is 4.90 Å². The molecule has 0 bridgehead atoms. The maximum absolute atomic E-state index is 12.6. The molecule has 0 spiro atoms. The standard InChI is InChI=1S/C20H20ClN3O4/c1-13(27-15-10-8-14(26-3)9-11-15)20(25)24(2)12-18-22-19(23-28-18)16-6-4-5-7-17(16)21/h4-11,13H,12H2,1-3H3/t13-/m0/s1. The smallest absolute Gasteiger partial charge is 0.263 e. The van der Waals surface area contributed by atoms with E-state index in [4.69, 9.17) is 25.6 Å². The fourth-order valence-corrected chi connectivity index (χ4v) is 2.79. The van der Waals surface area contributed by atoms with Gasteiger partial charge in [0.15, 0.2) is 6.10 Å². The Bertz CT molecular complexity index is 943. The molecule has 0 radical (unpaired) electrons. The lowest BCUT2D eigenvalue weighted by Gasteiger charge is -2.20. The van der Waals surface area contributed by atoms with Gasteiger partial charge in [0.25, 0.3) is 5.91 Å². The lowest BCUT2D eigenvalue weighted by molar-refractivity contribution is -0.137. The number of nitrogens with zero attached hydrogens (tertiary/aromatic N) is 3. The van der Waals surface area contributed by atoms with Gasteiger partial charge in [-0.05, 0) is 43.3 Å². The van der Waals surface area contributed by atoms with Crippen LogP contribution in [0, 0.1) is 0 Å². The van der Waals surface area contributed by atoms with Crippen LogP contribution in [0.15, 0.2) is 53.1 Å². The lowest BCUT2D eigenvalue weighted by Crippen LogP contribution is -2.37. The second-order valence-electron chi connectivity index (χ2n) is 6.12. The summed E-state index contributed by atoms with van der Waals surface area (Å²) >= 11 is 6.15. The minimum absolute atomic E-state index is 0.159. The van der Waals surface area contributed by atoms with Gasteiger partial charge in [0.1, 0.15) is 11.5 Å². The highest BCUT2D eigenvalue weighted by atomic mass is 35.5. The lowest BCUT2D eigenvalue weighted by atomic mass is 10.2. The highest BCUT2D eigenvalue weighted by molar-refractivity contribution is 6.33. The summed E-state index contributed by atoms with van der Waals surface area (Å²) in [5.74, 6) is 1.77. The Morgan fingerprint density at radius 1 is 1.18 bits per heavy atom. The van der Waals surface area contributed by atoms with Crippen molar-refractivity contribution in [2.75, 3.05) is 14.2 Å². The van der Waals surface area contributed by atoms with Gasteiger partial charge in [0.2, 0.25) is 11.7 Å². The number of hydrogen-bond donors (Lipinski definition) is 0. The zero-order chi connectivity index (χ0) is 20.1. The molecule has 0 saturated heterocycles. The topological polar surface area (TPSA) is 77.7 Å². The van der Waals surface area contributed by atoms with Crippen LogP contribution in [0.25, 0.3) is 11.4 Å². The van der Waals surface area contributed by atoms with Crippen LogP contribution in [0.1, 0.15) is 12.8 Å². The molecule has 7 nitrogen and oxygen atoms in total. The van der Waals surface area contributed by atoms with Gasteiger partial charge in [0, 0.05) is 12.6 Å². The van der Waals surface area contributed by atoms with Crippen molar-refractivity contribution in [2.24, 2.45) is 0 Å². The third-order valence-electron chi connectivity index (χ3n) is 4.05. The maximum Gasteiger partial charge on any atom is 0.263 e. The highest BCUT2D eigenvalue weighted by Crippen LogP contribution is 2.25. The second-order valence-corrected chi connectivity index (χ2v) is 6.53. The summed E-state index contributed by atoms with van der Waals surface area (Å²) in [5.41, 5.74) is 0.671. The largest absolute Gasteiger partial charge is 0.497 e. The molecule has 0 aliphatic carbocycles. The number of amides is 1. The first kappa shape index (κ1) is 19.7. The summed E-state index contributed by atoms with van der Waals surface area (Å²) in [6, 6.07) is 14.2. The fourth-order valence-electron chi connectivity index (χ4n) is 2.57. The van der Waals surface area contributed by atoms with E-state index in [0.29, 0.717) is 33.8 Å². The Balaban J connectivity index is 1.61. The molecule has 146 valence electrons. The van der Waals surface area contributed by atoms with E-state index in [1.54, 1.807) is 57.5 Å². The van der Waals surface area contributed by atoms with Crippen LogP contribution in [0.3, 0.4) is 0 Å². The molecule has 0 saturated carbocycles. The van der Waals surface area contributed by atoms with Gasteiger partial charge in [-0.2, -0.15) is 4.98 Å². The minimum atomic E-state index is -0.677. The zero-order valence-electron chi connectivity index (χ0n) is 15.8. The first-order valence-electron chi connectivity index (χ1n) is 8.61. The quantitative estimate of drug-likeness (QED) is 0.598. The summed E-state index contributed by atoms with van der Waals surface area (Å²) in [6.07, 6.45) is -0.677. The number of carbonyl (C=O) groups is 1. The van der Waals surface area contributed by atoms with Gasteiger partial charge >= 0.3 is 0 Å². The van der Waals surface area contributed by atoms with Crippen LogP contribution in [0.5, 0.6) is 11.5 Å². The molecule has 3 aromatic rings. The SMILES string of the molecule is COc1ccc(O[C@@H](C)C(=O)N(C)Cc2nc(-c3ccccc3Cl)no2)cc1. The molecule has 28 heavy (non-hydrogen) atoms. The van der Waals surface area contributed by atoms with Gasteiger partial charge in [-0.3, -0.25) is 4.79 Å². The number of ether oxygens (including phenoxy) is 2. The van der Waals surface area contributed by atoms with Crippen LogP contribution in [0.4, 0.5) is 0 Å². The van der Waals surface area contributed by atoms with E-state index in [0.717, 1.165) is 0 Å². The van der Waals surface area contributed by atoms with Gasteiger partial charge in [-0.25, -0.2) is 0 Å². The molecule has 1 aromatic heterocycles. The van der Waals surface area contributed by atoms with Crippen molar-refractivity contribution in [3.63, 3.8) is 0 Å². The first-order valence-corrected chi connectivity index (χ1v) is 8.99. The summed E-state index contributed by atoms with van der Waals surface area (Å²) in [7, 11) is 3.24. The molecule has 8 heteroatoms. The molecule has 0 N–H and O–H groups in total. The van der Waals surface area contributed by atoms with E-state index >= 15 is 0 Å². The van der Waals surface area contributed by atoms with Gasteiger partial charge in [-0.15, -0.1) is 0 Å². The molecule has 0 aliphatic rings. The molecule has 0 fully saturated rings. The summed E-state index contributed by atoms with van der Waals surface area (Å²) < 4.78 is 16.0. The fraction of sp³-hybridized carbons (Fsp3) is 0.250. The molecule has 1 amide bonds. The Hall–Kier alpha value is -3.06. The van der Waals surface area contributed by atoms with E-state index in [-0.39, 0.29) is 12.5 Å². The third kappa shape index (κ3) is 4.61. The molecular weight excluding hydrogens is 382 g/mol. The predicted octanol–water partition coefficient (Wildman–Crippen LogP) is 3.82. The number of methoxy groups -OCH3 is 1. The summed E-state index contributed by atoms with van der Waals surface area (Å²) in [5, 5.41) is 4.47. The Morgan fingerprint density at radius 2 is 1.86 bits per heavy atom. The van der Waals surface area contributed by atoms with E-state index < -0.39 is 6.10 Å². The third-order valence-corrected chi connectivity index (χ3v) is 4.38. The van der Waals surface area contributed by atoms with Crippen molar-refractivity contribution in [3.8, 4) is 22.9 Å². The normalized spacial score (nSPS) is 11.7. The highest BCUT2D eigenvalue weighted by Gasteiger charge is 2.22. The number of likely N-dealkylation sites (N-methyl/N-ethyl adjacent to an activating group) is 1. The molecule has 0 unspecified atom stereocenters. The average Bonchev–Trinajstić information content (AvgIpc) is 3.16. The number of hydrogen-bond acceptors (Lipinski definition) is 6. The van der Waals surface area contributed by atoms with Crippen molar-refractivity contribution in [1.82, 2.24) is 15.0 Å². The van der Waals surface area contributed by atoms with Crippen molar-refractivity contribution in [2.45, 2.75) is 19.6 Å². The van der Waals surface area contributed by atoms with Crippen molar-refractivity contribution < 1.29 is 18.8 Å². The molecular formula is C20H20ClN3O4. The van der Waals surface area contributed by atoms with Crippen LogP contribution in [-0.4, -0.2) is 41.2 Å². The van der Waals surface area contributed by atoms with E-state index in [9.17, 15) is 4.79 Å². The minimum Gasteiger partial charge on any atom is -0.497 e. The maximum atomic E-state index is 12.6. The van der Waals surface area contributed by atoms with Gasteiger partial charge < -0.3 is 18.9 Å². The van der Waals surface area contributed by atoms with E-state index in [2.05, 4.69) is 10.1 Å². The zero-order valence-corrected chi connectivity index (χ0v) is 16.5. The summed E-state index contributed by atoms with van der Waals surface area (Å²) in [4.78, 5) is 18.4. The Morgan fingerprint density at radius 3 is 2.54 bits per heavy atom. The van der Waals surface area contributed by atoms with Gasteiger partial charge in [-0.1, -0.05) is 28.9 Å². The first-order chi connectivity index (χ1) is 13.5. The van der Waals surface area contributed by atoms with Crippen LogP contribution < -0.4 is 9.47 Å². The number of aromatic nitrogens is 2. The van der Waals surface area contributed by atoms with Crippen molar-refractivity contribution >= 4 is 17.5 Å². The number of rotatable bonds is 7. The van der Waals surface area contributed by atoms with E-state index in [1.807, 2.05) is 12.1 Å². The molecule has 1 heterocycles. The van der Waals surface area contributed by atoms with Crippen molar-refractivity contribution in [3.05, 3.63) is 59.4 Å². The number of carbonyl (C=O) groups excluding carboxylic acids is 1. The van der Waals surface area contributed by atoms with Crippen LogP contribution in [-0.2, 0) is 11.3 Å². The average molecular weight is 402 g/mol. The van der Waals surface area contributed by atoms with Crippen LogP contribution in [0.2, 0.25) is 5.02 Å². The Labute approximate surface area is 167 Å². The van der Waals surface area contributed by atoms with Gasteiger partial charge in [0.05, 0.1) is 18.7 Å². The number of halogens is 1. The second kappa shape index (κ2) is 8.75. The van der Waals surface area contributed by atoms with Crippen molar-refractivity contribution in [1.29, 1.82) is 0 Å². The summed E-state index contributed by atoms with van der Waals surface area (Å²) in [6.45, 7) is 1.85. The number of benzene rings is 2. The monoisotopic (exact) mass is 401 g/mol.